The molecule has 0 aliphatic heterocycles. The Morgan fingerprint density at radius 2 is 1.18 bits per heavy atom. The van der Waals surface area contributed by atoms with Crippen molar-refractivity contribution >= 4 is 0 Å². The van der Waals surface area contributed by atoms with Gasteiger partial charge >= 0.3 is 0 Å². The van der Waals surface area contributed by atoms with Gasteiger partial charge in [-0.1, -0.05) is 13.8 Å². The summed E-state index contributed by atoms with van der Waals surface area (Å²) in [6, 6.07) is 0. The average molecular weight is 245 g/mol. The Balaban J connectivity index is 5.24. The number of hydrogen-bond acceptors (Lipinski definition) is 4. The molecule has 0 fully saturated rings. The quantitative estimate of drug-likeness (QED) is 0.690. The van der Waals surface area contributed by atoms with Gasteiger partial charge in [-0.2, -0.15) is 0 Å². The van der Waals surface area contributed by atoms with Gasteiger partial charge in [0, 0.05) is 0 Å². The van der Waals surface area contributed by atoms with E-state index in [4.69, 9.17) is 0 Å². The zero-order valence-corrected chi connectivity index (χ0v) is 12.9. The maximum absolute atomic E-state index is 10.5. The van der Waals surface area contributed by atoms with Gasteiger partial charge in [-0.15, -0.1) is 0 Å². The molecular formula is C13H31N3O. The summed E-state index contributed by atoms with van der Waals surface area (Å²) in [5.74, 6) is 0. The first-order valence-corrected chi connectivity index (χ1v) is 6.50. The molecule has 1 N–H and O–H groups in total. The van der Waals surface area contributed by atoms with Gasteiger partial charge in [-0.3, -0.25) is 9.80 Å². The fraction of sp³-hybridized carbons (Fsp3) is 1.00. The fourth-order valence-corrected chi connectivity index (χ4v) is 2.55. The minimum Gasteiger partial charge on any atom is -0.376 e. The van der Waals surface area contributed by atoms with Crippen molar-refractivity contribution in [3.05, 3.63) is 0 Å². The van der Waals surface area contributed by atoms with Crippen molar-refractivity contribution in [2.75, 3.05) is 28.2 Å². The lowest BCUT2D eigenvalue weighted by Crippen LogP contribution is -2.62. The zero-order valence-electron chi connectivity index (χ0n) is 12.9. The van der Waals surface area contributed by atoms with E-state index in [1.165, 1.54) is 0 Å². The molecule has 2 atom stereocenters. The highest BCUT2D eigenvalue weighted by Crippen LogP contribution is 2.24. The van der Waals surface area contributed by atoms with Crippen molar-refractivity contribution in [1.29, 1.82) is 0 Å². The Kier molecular flexibility index (Phi) is 6.62. The molecule has 0 rings (SSSR count). The van der Waals surface area contributed by atoms with E-state index >= 15 is 0 Å². The van der Waals surface area contributed by atoms with Crippen molar-refractivity contribution in [2.45, 2.75) is 58.6 Å². The van der Waals surface area contributed by atoms with E-state index in [2.05, 4.69) is 56.7 Å². The molecule has 2 unspecified atom stereocenters. The summed E-state index contributed by atoms with van der Waals surface area (Å²) in [6.45, 7) is 8.05. The van der Waals surface area contributed by atoms with Crippen molar-refractivity contribution in [2.24, 2.45) is 0 Å². The normalized spacial score (nSPS) is 16.9. The lowest BCUT2D eigenvalue weighted by atomic mass is 10.1. The average Bonchev–Trinajstić information content (AvgIpc) is 2.15. The van der Waals surface area contributed by atoms with Crippen LogP contribution in [0.4, 0.5) is 0 Å². The van der Waals surface area contributed by atoms with Crippen LogP contribution in [-0.4, -0.2) is 66.1 Å². The summed E-state index contributed by atoms with van der Waals surface area (Å²) < 4.78 is 0. The minimum atomic E-state index is -0.824. The van der Waals surface area contributed by atoms with Crippen LogP contribution in [0, 0.1) is 0 Å². The van der Waals surface area contributed by atoms with E-state index in [0.29, 0.717) is 0 Å². The molecule has 0 bridgehead atoms. The van der Waals surface area contributed by atoms with Crippen LogP contribution in [0.2, 0.25) is 0 Å². The molecule has 0 radical (unpaired) electrons. The molecule has 0 aromatic carbocycles. The van der Waals surface area contributed by atoms with Gasteiger partial charge in [0.15, 0.2) is 0 Å². The van der Waals surface area contributed by atoms with E-state index in [-0.39, 0.29) is 12.3 Å². The smallest absolute Gasteiger partial charge is 0.115 e. The Hall–Kier alpha value is -0.160. The Morgan fingerprint density at radius 1 is 0.882 bits per heavy atom. The molecule has 0 spiro atoms. The lowest BCUT2D eigenvalue weighted by molar-refractivity contribution is -0.176. The van der Waals surface area contributed by atoms with Crippen LogP contribution < -0.4 is 0 Å². The molecule has 0 aromatic heterocycles. The van der Waals surface area contributed by atoms with Gasteiger partial charge in [-0.25, -0.2) is 4.90 Å². The highest BCUT2D eigenvalue weighted by atomic mass is 16.3. The lowest BCUT2D eigenvalue weighted by Gasteiger charge is -2.49. The molecule has 0 aromatic rings. The highest BCUT2D eigenvalue weighted by Gasteiger charge is 2.36. The molecule has 4 nitrogen and oxygen atoms in total. The largest absolute Gasteiger partial charge is 0.376 e. The molecule has 0 aliphatic rings. The summed E-state index contributed by atoms with van der Waals surface area (Å²) in [6.07, 6.45) is 2.45. The van der Waals surface area contributed by atoms with Gasteiger partial charge < -0.3 is 5.11 Å². The first-order chi connectivity index (χ1) is 7.66. The van der Waals surface area contributed by atoms with Crippen LogP contribution in [0.5, 0.6) is 0 Å². The van der Waals surface area contributed by atoms with Crippen molar-refractivity contribution in [3.8, 4) is 0 Å². The summed E-state index contributed by atoms with van der Waals surface area (Å²) >= 11 is 0. The molecule has 0 amide bonds. The monoisotopic (exact) mass is 245 g/mol. The van der Waals surface area contributed by atoms with Crippen LogP contribution in [-0.2, 0) is 0 Å². The summed E-state index contributed by atoms with van der Waals surface area (Å²) in [7, 11) is 8.26. The van der Waals surface area contributed by atoms with Crippen LogP contribution in [0.1, 0.15) is 40.5 Å². The van der Waals surface area contributed by atoms with Gasteiger partial charge in [0.25, 0.3) is 0 Å². The molecular weight excluding hydrogens is 214 g/mol. The number of rotatable bonds is 7. The van der Waals surface area contributed by atoms with Crippen LogP contribution in [0.15, 0.2) is 0 Å². The van der Waals surface area contributed by atoms with E-state index in [0.717, 1.165) is 12.8 Å². The topological polar surface area (TPSA) is 30.0 Å². The number of aliphatic hydroxyl groups is 1. The fourth-order valence-electron chi connectivity index (χ4n) is 2.55. The summed E-state index contributed by atoms with van der Waals surface area (Å²) in [5.41, 5.74) is -0.824. The Bertz CT molecular complexity index is 195. The second-order valence-electron chi connectivity index (χ2n) is 5.61. The maximum atomic E-state index is 10.5. The second kappa shape index (κ2) is 6.69. The van der Waals surface area contributed by atoms with Gasteiger partial charge in [0.1, 0.15) is 5.72 Å². The standard InChI is InChI=1S/C13H31N3O/c1-9-11(14(5)6)16(13(3,4)17)12(10-2)15(7)8/h11-12,17H,9-10H2,1-8H3. The Labute approximate surface area is 107 Å². The third kappa shape index (κ3) is 4.54. The van der Waals surface area contributed by atoms with Gasteiger partial charge in [0.05, 0.1) is 12.3 Å². The van der Waals surface area contributed by atoms with Crippen LogP contribution in [0.3, 0.4) is 0 Å². The first-order valence-electron chi connectivity index (χ1n) is 6.50. The predicted octanol–water partition coefficient (Wildman–Crippen LogP) is 1.61. The third-order valence-corrected chi connectivity index (χ3v) is 3.20. The van der Waals surface area contributed by atoms with Crippen molar-refractivity contribution < 1.29 is 5.11 Å². The molecule has 0 aliphatic carbocycles. The molecule has 104 valence electrons. The number of hydrogen-bond donors (Lipinski definition) is 1. The zero-order chi connectivity index (χ0) is 13.8. The third-order valence-electron chi connectivity index (χ3n) is 3.20. The summed E-state index contributed by atoms with van der Waals surface area (Å²) in [5, 5.41) is 10.5. The van der Waals surface area contributed by atoms with Crippen molar-refractivity contribution in [1.82, 2.24) is 14.7 Å². The first kappa shape index (κ1) is 16.8. The minimum absolute atomic E-state index is 0.238. The predicted molar refractivity (Wildman–Crippen MR) is 73.7 cm³/mol. The van der Waals surface area contributed by atoms with E-state index < -0.39 is 5.72 Å². The SMILES string of the molecule is CCC(N(C)C)N(C(CC)N(C)C)C(C)(C)O. The number of nitrogens with zero attached hydrogens (tertiary/aromatic N) is 3. The molecule has 17 heavy (non-hydrogen) atoms. The second-order valence-corrected chi connectivity index (χ2v) is 5.61. The maximum Gasteiger partial charge on any atom is 0.115 e. The van der Waals surface area contributed by atoms with Crippen LogP contribution >= 0.6 is 0 Å². The van der Waals surface area contributed by atoms with Gasteiger partial charge in [0.2, 0.25) is 0 Å². The molecule has 0 saturated carbocycles. The highest BCUT2D eigenvalue weighted by molar-refractivity contribution is 4.82. The molecule has 0 heterocycles. The van der Waals surface area contributed by atoms with Crippen molar-refractivity contribution in [3.63, 3.8) is 0 Å². The summed E-state index contributed by atoms with van der Waals surface area (Å²) in [4.78, 5) is 6.53. The van der Waals surface area contributed by atoms with Crippen LogP contribution in [0.25, 0.3) is 0 Å². The Morgan fingerprint density at radius 3 is 1.29 bits per heavy atom. The van der Waals surface area contributed by atoms with E-state index in [1.54, 1.807) is 0 Å². The van der Waals surface area contributed by atoms with E-state index in [1.807, 2.05) is 13.8 Å². The van der Waals surface area contributed by atoms with Gasteiger partial charge in [-0.05, 0) is 54.9 Å². The molecule has 0 saturated heterocycles. The van der Waals surface area contributed by atoms with E-state index in [9.17, 15) is 5.11 Å². The molecule has 4 heteroatoms.